The molecule has 1 aliphatic rings. The Bertz CT molecular complexity index is 641. The van der Waals surface area contributed by atoms with Crippen LogP contribution in [0, 0.1) is 0 Å². The van der Waals surface area contributed by atoms with Gasteiger partial charge >= 0.3 is 11.7 Å². The Kier molecular flexibility index (Phi) is 12.2. The lowest BCUT2D eigenvalue weighted by Crippen LogP contribution is -2.34. The molecule has 10 heteroatoms. The van der Waals surface area contributed by atoms with Gasteiger partial charge in [0.15, 0.2) is 0 Å². The summed E-state index contributed by atoms with van der Waals surface area (Å²) in [6.45, 7) is 3.65. The predicted molar refractivity (Wildman–Crippen MR) is 94.5 cm³/mol. The number of carbonyl (C=O) groups excluding carboxylic acids is 1. The van der Waals surface area contributed by atoms with Crippen LogP contribution in [0.4, 0.5) is 0 Å². The minimum atomic E-state index is -0.620. The van der Waals surface area contributed by atoms with E-state index in [0.29, 0.717) is 12.8 Å². The first-order chi connectivity index (χ1) is 12.5. The van der Waals surface area contributed by atoms with Crippen LogP contribution in [0.25, 0.3) is 0 Å². The molecule has 1 saturated heterocycles. The van der Waals surface area contributed by atoms with E-state index >= 15 is 0 Å². The smallest absolute Gasteiger partial charge is 0.330 e. The third-order valence-corrected chi connectivity index (χ3v) is 3.20. The molecule has 1 fully saturated rings. The number of hydrogen-bond acceptors (Lipinski definition) is 8. The number of aromatic nitrogens is 2. The van der Waals surface area contributed by atoms with Crippen LogP contribution in [0.5, 0.6) is 0 Å². The summed E-state index contributed by atoms with van der Waals surface area (Å²) in [5.74, 6) is -0.522. The Hall–Kier alpha value is -2.01. The molecular formula is C16H29N3O7. The van der Waals surface area contributed by atoms with Crippen LogP contribution in [0.2, 0.25) is 0 Å². The molecule has 2 unspecified atom stereocenters. The van der Waals surface area contributed by atoms with Crippen molar-refractivity contribution < 1.29 is 24.5 Å². The first-order valence-corrected chi connectivity index (χ1v) is 8.37. The number of H-pyrrole nitrogens is 1. The van der Waals surface area contributed by atoms with E-state index in [1.165, 1.54) is 17.2 Å². The number of esters is 1. The third kappa shape index (κ3) is 7.48. The highest BCUT2D eigenvalue weighted by atomic mass is 16.6. The molecule has 0 aromatic carbocycles. The number of aromatic amines is 1. The second-order valence-corrected chi connectivity index (χ2v) is 5.36. The molecule has 0 spiro atoms. The van der Waals surface area contributed by atoms with Crippen molar-refractivity contribution in [2.45, 2.75) is 52.0 Å². The molecule has 10 nitrogen and oxygen atoms in total. The van der Waals surface area contributed by atoms with E-state index in [-0.39, 0.29) is 24.8 Å². The number of hydrogen-bond donors (Lipinski definition) is 4. The zero-order valence-electron chi connectivity index (χ0n) is 15.4. The largest absolute Gasteiger partial charge is 0.462 e. The lowest BCUT2D eigenvalue weighted by atomic mass is 10.2. The Labute approximate surface area is 151 Å². The summed E-state index contributed by atoms with van der Waals surface area (Å²) in [7, 11) is 1.00. The fraction of sp³-hybridized carbons (Fsp3) is 0.688. The molecular weight excluding hydrogens is 346 g/mol. The zero-order chi connectivity index (χ0) is 20.1. The van der Waals surface area contributed by atoms with E-state index in [1.807, 2.05) is 0 Å². The first-order valence-electron chi connectivity index (χ1n) is 8.37. The highest BCUT2D eigenvalue weighted by molar-refractivity contribution is 5.71. The molecule has 0 radical (unpaired) electrons. The number of ether oxygens (including phenoxy) is 2. The summed E-state index contributed by atoms with van der Waals surface area (Å²) in [5, 5.41) is 16.1. The first kappa shape index (κ1) is 24.0. The van der Waals surface area contributed by atoms with Crippen LogP contribution < -0.4 is 17.0 Å². The number of nitrogens with one attached hydrogen (secondary N) is 1. The van der Waals surface area contributed by atoms with Gasteiger partial charge in [-0.2, -0.15) is 0 Å². The second-order valence-electron chi connectivity index (χ2n) is 5.36. The van der Waals surface area contributed by atoms with Crippen molar-refractivity contribution >= 4 is 5.97 Å². The van der Waals surface area contributed by atoms with Crippen molar-refractivity contribution in [1.82, 2.24) is 9.55 Å². The van der Waals surface area contributed by atoms with E-state index in [4.69, 9.17) is 25.4 Å². The quantitative estimate of drug-likeness (QED) is 0.489. The maximum Gasteiger partial charge on any atom is 0.330 e. The highest BCUT2D eigenvalue weighted by Crippen LogP contribution is 2.27. The lowest BCUT2D eigenvalue weighted by molar-refractivity contribution is -0.146. The van der Waals surface area contributed by atoms with Gasteiger partial charge in [0, 0.05) is 13.3 Å². The molecule has 0 aliphatic carbocycles. The summed E-state index contributed by atoms with van der Waals surface area (Å²) in [6.07, 6.45) is 2.76. The van der Waals surface area contributed by atoms with Crippen LogP contribution in [-0.2, 0) is 20.9 Å². The molecule has 1 aromatic heterocycles. The molecule has 0 amide bonds. The molecule has 1 aliphatic heterocycles. The molecule has 2 heterocycles. The number of carbonyl (C=O) groups is 1. The Morgan fingerprint density at radius 2 is 2.00 bits per heavy atom. The summed E-state index contributed by atoms with van der Waals surface area (Å²) < 4.78 is 11.7. The molecule has 2 rings (SSSR count). The van der Waals surface area contributed by atoms with Gasteiger partial charge in [-0.05, 0) is 12.8 Å². The van der Waals surface area contributed by atoms with Crippen LogP contribution in [0.1, 0.15) is 44.9 Å². The van der Waals surface area contributed by atoms with E-state index in [1.54, 1.807) is 0 Å². The van der Waals surface area contributed by atoms with Gasteiger partial charge in [0.1, 0.15) is 12.8 Å². The van der Waals surface area contributed by atoms with Crippen LogP contribution >= 0.6 is 0 Å². The molecule has 26 heavy (non-hydrogen) atoms. The standard InChI is InChI=1S/C12H17N3O6.C3H8.CH4O/c13-3-10(17)20-6-8-1-2-9(21-8)15-4-7(5-16)11(18)14-12(15)19;1-3-2;1-2/h4,8-9,16H,1-3,5-6,13H2,(H,14,18,19);3H2,1-2H3;2H,1H3. The maximum atomic E-state index is 11.8. The van der Waals surface area contributed by atoms with Gasteiger partial charge in [-0.25, -0.2) is 4.79 Å². The maximum absolute atomic E-state index is 11.8. The van der Waals surface area contributed by atoms with Gasteiger partial charge in [-0.3, -0.25) is 19.1 Å². The number of rotatable bonds is 5. The second kappa shape index (κ2) is 13.2. The van der Waals surface area contributed by atoms with Gasteiger partial charge in [0.25, 0.3) is 5.56 Å². The SMILES string of the molecule is CCC.CO.NCC(=O)OCC1CCC(n2cc(CO)c(=O)[nH]c2=O)O1. The van der Waals surface area contributed by atoms with Crippen LogP contribution in [0.15, 0.2) is 15.8 Å². The van der Waals surface area contributed by atoms with Crippen molar-refractivity contribution in [2.24, 2.45) is 5.73 Å². The van der Waals surface area contributed by atoms with Crippen molar-refractivity contribution in [1.29, 1.82) is 0 Å². The Balaban J connectivity index is 0.00000113. The normalized spacial score (nSPS) is 18.2. The van der Waals surface area contributed by atoms with E-state index in [9.17, 15) is 14.4 Å². The van der Waals surface area contributed by atoms with Gasteiger partial charge < -0.3 is 25.4 Å². The fourth-order valence-electron chi connectivity index (χ4n) is 2.11. The number of aliphatic hydroxyl groups excluding tert-OH is 2. The van der Waals surface area contributed by atoms with E-state index in [2.05, 4.69) is 18.8 Å². The van der Waals surface area contributed by atoms with Gasteiger partial charge in [-0.1, -0.05) is 20.3 Å². The fourth-order valence-corrected chi connectivity index (χ4v) is 2.11. The predicted octanol–water partition coefficient (Wildman–Crippen LogP) is -0.767. The molecule has 150 valence electrons. The number of aliphatic hydroxyl groups is 2. The van der Waals surface area contributed by atoms with Gasteiger partial charge in [0.05, 0.1) is 24.8 Å². The van der Waals surface area contributed by atoms with Crippen LogP contribution in [0.3, 0.4) is 0 Å². The van der Waals surface area contributed by atoms with Crippen molar-refractivity contribution in [3.8, 4) is 0 Å². The van der Waals surface area contributed by atoms with Gasteiger partial charge in [-0.15, -0.1) is 0 Å². The minimum absolute atomic E-state index is 0.0670. The molecule has 2 atom stereocenters. The summed E-state index contributed by atoms with van der Waals surface area (Å²) in [4.78, 5) is 36.2. The number of nitrogens with two attached hydrogens (primary N) is 1. The summed E-state index contributed by atoms with van der Waals surface area (Å²) in [5.41, 5.74) is 3.97. The molecule has 1 aromatic rings. The van der Waals surface area contributed by atoms with Crippen molar-refractivity contribution in [3.05, 3.63) is 32.6 Å². The Morgan fingerprint density at radius 3 is 2.54 bits per heavy atom. The van der Waals surface area contributed by atoms with Crippen molar-refractivity contribution in [2.75, 3.05) is 20.3 Å². The zero-order valence-corrected chi connectivity index (χ0v) is 15.4. The lowest BCUT2D eigenvalue weighted by Gasteiger charge is -2.16. The Morgan fingerprint density at radius 1 is 1.38 bits per heavy atom. The molecule has 0 bridgehead atoms. The van der Waals surface area contributed by atoms with E-state index < -0.39 is 30.1 Å². The average molecular weight is 375 g/mol. The van der Waals surface area contributed by atoms with Crippen molar-refractivity contribution in [3.63, 3.8) is 0 Å². The highest BCUT2D eigenvalue weighted by Gasteiger charge is 2.28. The van der Waals surface area contributed by atoms with Gasteiger partial charge in [0.2, 0.25) is 0 Å². The minimum Gasteiger partial charge on any atom is -0.462 e. The molecule has 5 N–H and O–H groups in total. The van der Waals surface area contributed by atoms with Crippen LogP contribution in [-0.4, -0.2) is 52.1 Å². The van der Waals surface area contributed by atoms with E-state index in [0.717, 1.165) is 7.11 Å². The summed E-state index contributed by atoms with van der Waals surface area (Å²) in [6, 6.07) is 0. The molecule has 0 saturated carbocycles. The topological polar surface area (TPSA) is 157 Å². The number of nitrogens with zero attached hydrogens (tertiary/aromatic N) is 1. The average Bonchev–Trinajstić information content (AvgIpc) is 3.11. The third-order valence-electron chi connectivity index (χ3n) is 3.20. The monoisotopic (exact) mass is 375 g/mol. The summed E-state index contributed by atoms with van der Waals surface area (Å²) >= 11 is 0.